The number of aryl methyl sites for hydroxylation is 2. The summed E-state index contributed by atoms with van der Waals surface area (Å²) in [5.41, 5.74) is 5.65. The van der Waals surface area contributed by atoms with Crippen molar-refractivity contribution in [3.63, 3.8) is 0 Å². The van der Waals surface area contributed by atoms with Crippen LogP contribution in [0.3, 0.4) is 0 Å². The highest BCUT2D eigenvalue weighted by Crippen LogP contribution is 2.33. The summed E-state index contributed by atoms with van der Waals surface area (Å²) in [6.45, 7) is 9.13. The Bertz CT molecular complexity index is 1000. The first-order chi connectivity index (χ1) is 13.0. The molecule has 27 heavy (non-hydrogen) atoms. The average Bonchev–Trinajstić information content (AvgIpc) is 3.13. The molecular formula is C22H23ClN2O2. The van der Waals surface area contributed by atoms with Gasteiger partial charge in [-0.3, -0.25) is 4.90 Å². The highest BCUT2D eigenvalue weighted by atomic mass is 35.5. The van der Waals surface area contributed by atoms with Crippen LogP contribution in [-0.2, 0) is 13.1 Å². The Kier molecular flexibility index (Phi) is 4.94. The predicted molar refractivity (Wildman–Crippen MR) is 109 cm³/mol. The lowest BCUT2D eigenvalue weighted by molar-refractivity contribution is 0.174. The number of hydrogen-bond donors (Lipinski definition) is 0. The van der Waals surface area contributed by atoms with Crippen LogP contribution in [0.25, 0.3) is 10.9 Å². The summed E-state index contributed by atoms with van der Waals surface area (Å²) >= 11 is 6.53. The number of rotatable bonds is 5. The molecular weight excluding hydrogens is 360 g/mol. The third kappa shape index (κ3) is 3.60. The van der Waals surface area contributed by atoms with Gasteiger partial charge < -0.3 is 9.47 Å². The van der Waals surface area contributed by atoms with E-state index in [-0.39, 0.29) is 0 Å². The molecule has 2 heterocycles. The third-order valence-electron chi connectivity index (χ3n) is 5.22. The van der Waals surface area contributed by atoms with Gasteiger partial charge in [0, 0.05) is 24.0 Å². The number of pyridine rings is 1. The maximum atomic E-state index is 6.53. The number of nitrogens with zero attached hydrogens (tertiary/aromatic N) is 2. The minimum atomic E-state index is 0.299. The smallest absolute Gasteiger partial charge is 0.231 e. The molecule has 0 radical (unpaired) electrons. The van der Waals surface area contributed by atoms with Crippen molar-refractivity contribution >= 4 is 22.5 Å². The Labute approximate surface area is 164 Å². The minimum absolute atomic E-state index is 0.299. The fourth-order valence-corrected chi connectivity index (χ4v) is 3.63. The fraction of sp³-hybridized carbons (Fsp3) is 0.318. The molecule has 0 atom stereocenters. The van der Waals surface area contributed by atoms with Crippen LogP contribution in [0.1, 0.15) is 29.2 Å². The molecule has 3 aromatic rings. The molecule has 0 N–H and O–H groups in total. The summed E-state index contributed by atoms with van der Waals surface area (Å²) in [6, 6.07) is 12.5. The van der Waals surface area contributed by atoms with Gasteiger partial charge in [0.1, 0.15) is 5.15 Å². The highest BCUT2D eigenvalue weighted by Gasteiger charge is 2.16. The summed E-state index contributed by atoms with van der Waals surface area (Å²) in [5, 5.41) is 1.72. The number of halogens is 1. The van der Waals surface area contributed by atoms with Crippen LogP contribution in [-0.4, -0.2) is 23.2 Å². The molecule has 2 aromatic carbocycles. The Morgan fingerprint density at radius 3 is 2.67 bits per heavy atom. The second-order valence-corrected chi connectivity index (χ2v) is 7.37. The van der Waals surface area contributed by atoms with E-state index in [1.165, 1.54) is 16.7 Å². The first kappa shape index (κ1) is 18.1. The highest BCUT2D eigenvalue weighted by molar-refractivity contribution is 6.30. The molecule has 0 amide bonds. The van der Waals surface area contributed by atoms with Crippen LogP contribution in [0.4, 0.5) is 0 Å². The molecule has 0 unspecified atom stereocenters. The van der Waals surface area contributed by atoms with Crippen molar-refractivity contribution in [3.8, 4) is 11.5 Å². The quantitative estimate of drug-likeness (QED) is 0.564. The Hall–Kier alpha value is -2.30. The SMILES string of the molecule is CCN(Cc1ccc2c(c1)OCO2)Cc1cc2ccc(C)c(C)c2nc1Cl. The van der Waals surface area contributed by atoms with Crippen molar-refractivity contribution in [1.29, 1.82) is 0 Å². The van der Waals surface area contributed by atoms with E-state index in [1.54, 1.807) is 0 Å². The summed E-state index contributed by atoms with van der Waals surface area (Å²) in [4.78, 5) is 7.02. The lowest BCUT2D eigenvalue weighted by atomic mass is 10.0. The van der Waals surface area contributed by atoms with E-state index < -0.39 is 0 Å². The molecule has 0 saturated carbocycles. The molecule has 1 aromatic heterocycles. The Morgan fingerprint density at radius 2 is 1.85 bits per heavy atom. The van der Waals surface area contributed by atoms with Gasteiger partial charge in [0.2, 0.25) is 6.79 Å². The van der Waals surface area contributed by atoms with E-state index in [2.05, 4.69) is 61.0 Å². The van der Waals surface area contributed by atoms with Crippen LogP contribution in [0.15, 0.2) is 36.4 Å². The zero-order valence-corrected chi connectivity index (χ0v) is 16.6. The van der Waals surface area contributed by atoms with Crippen LogP contribution >= 0.6 is 11.6 Å². The van der Waals surface area contributed by atoms with Crippen molar-refractivity contribution in [2.45, 2.75) is 33.9 Å². The molecule has 0 bridgehead atoms. The second-order valence-electron chi connectivity index (χ2n) is 7.01. The van der Waals surface area contributed by atoms with E-state index in [0.717, 1.165) is 47.6 Å². The molecule has 0 aliphatic carbocycles. The Balaban J connectivity index is 1.58. The van der Waals surface area contributed by atoms with E-state index >= 15 is 0 Å². The van der Waals surface area contributed by atoms with Gasteiger partial charge in [0.15, 0.2) is 11.5 Å². The molecule has 4 rings (SSSR count). The monoisotopic (exact) mass is 382 g/mol. The zero-order chi connectivity index (χ0) is 19.0. The maximum Gasteiger partial charge on any atom is 0.231 e. The summed E-state index contributed by atoms with van der Waals surface area (Å²) in [7, 11) is 0. The number of hydrogen-bond acceptors (Lipinski definition) is 4. The van der Waals surface area contributed by atoms with Gasteiger partial charge in [-0.1, -0.05) is 36.7 Å². The molecule has 0 saturated heterocycles. The number of aromatic nitrogens is 1. The minimum Gasteiger partial charge on any atom is -0.454 e. The first-order valence-corrected chi connectivity index (χ1v) is 9.59. The molecule has 0 spiro atoms. The number of fused-ring (bicyclic) bond motifs is 2. The molecule has 0 fully saturated rings. The normalized spacial score (nSPS) is 12.9. The molecule has 1 aliphatic heterocycles. The van der Waals surface area contributed by atoms with Gasteiger partial charge in [-0.05, 0) is 55.3 Å². The van der Waals surface area contributed by atoms with Gasteiger partial charge in [-0.15, -0.1) is 0 Å². The lowest BCUT2D eigenvalue weighted by Gasteiger charge is -2.21. The van der Waals surface area contributed by atoms with Crippen LogP contribution in [0.5, 0.6) is 11.5 Å². The molecule has 1 aliphatic rings. The maximum absolute atomic E-state index is 6.53. The van der Waals surface area contributed by atoms with Crippen molar-refractivity contribution in [2.75, 3.05) is 13.3 Å². The van der Waals surface area contributed by atoms with Crippen molar-refractivity contribution < 1.29 is 9.47 Å². The standard InChI is InChI=1S/C22H23ClN2O2/c1-4-25(11-16-6-8-19-20(9-16)27-13-26-19)12-18-10-17-7-5-14(2)15(3)21(17)24-22(18)23/h5-10H,4,11-13H2,1-3H3. The molecule has 140 valence electrons. The Morgan fingerprint density at radius 1 is 1.04 bits per heavy atom. The number of benzene rings is 2. The van der Waals surface area contributed by atoms with Gasteiger partial charge in [-0.25, -0.2) is 4.98 Å². The summed E-state index contributed by atoms with van der Waals surface area (Å²) in [6.07, 6.45) is 0. The van der Waals surface area contributed by atoms with Gasteiger partial charge in [0.25, 0.3) is 0 Å². The summed E-state index contributed by atoms with van der Waals surface area (Å²) in [5.74, 6) is 1.63. The lowest BCUT2D eigenvalue weighted by Crippen LogP contribution is -2.22. The van der Waals surface area contributed by atoms with E-state index in [4.69, 9.17) is 21.1 Å². The average molecular weight is 383 g/mol. The zero-order valence-electron chi connectivity index (χ0n) is 15.9. The third-order valence-corrected chi connectivity index (χ3v) is 5.55. The van der Waals surface area contributed by atoms with Crippen LogP contribution in [0.2, 0.25) is 5.15 Å². The van der Waals surface area contributed by atoms with E-state index in [1.807, 2.05) is 6.07 Å². The second kappa shape index (κ2) is 7.37. The van der Waals surface area contributed by atoms with E-state index in [0.29, 0.717) is 11.9 Å². The van der Waals surface area contributed by atoms with Gasteiger partial charge in [0.05, 0.1) is 5.52 Å². The van der Waals surface area contributed by atoms with Crippen molar-refractivity contribution in [3.05, 3.63) is 63.8 Å². The first-order valence-electron chi connectivity index (χ1n) is 9.21. The predicted octanol–water partition coefficient (Wildman–Crippen LogP) is 5.26. The largest absolute Gasteiger partial charge is 0.454 e. The van der Waals surface area contributed by atoms with Crippen molar-refractivity contribution in [2.24, 2.45) is 0 Å². The topological polar surface area (TPSA) is 34.6 Å². The fourth-order valence-electron chi connectivity index (χ4n) is 3.43. The van der Waals surface area contributed by atoms with Gasteiger partial charge in [-0.2, -0.15) is 0 Å². The van der Waals surface area contributed by atoms with Crippen LogP contribution < -0.4 is 9.47 Å². The molecule has 5 heteroatoms. The van der Waals surface area contributed by atoms with Crippen molar-refractivity contribution in [1.82, 2.24) is 9.88 Å². The summed E-state index contributed by atoms with van der Waals surface area (Å²) < 4.78 is 10.9. The number of ether oxygens (including phenoxy) is 2. The van der Waals surface area contributed by atoms with Crippen LogP contribution in [0, 0.1) is 13.8 Å². The van der Waals surface area contributed by atoms with Gasteiger partial charge >= 0.3 is 0 Å². The molecule has 4 nitrogen and oxygen atoms in total. The van der Waals surface area contributed by atoms with E-state index in [9.17, 15) is 0 Å².